The van der Waals surface area contributed by atoms with Crippen LogP contribution in [-0.4, -0.2) is 78.6 Å². The number of fused-ring (bicyclic) bond motifs is 1. The maximum absolute atomic E-state index is 13.0. The zero-order valence-electron chi connectivity index (χ0n) is 22.0. The van der Waals surface area contributed by atoms with Crippen molar-refractivity contribution in [3.63, 3.8) is 0 Å². The van der Waals surface area contributed by atoms with Crippen molar-refractivity contribution < 1.29 is 28.9 Å². The minimum Gasteiger partial charge on any atom is -0.445 e. The SMILES string of the molecule is CNC(=O)c1ccccc1Sc1ccc2c(/C=C/c3ccccn3)nn(C(=O)OCCOCCOCCO)c2c1. The molecule has 0 aliphatic rings. The highest BCUT2D eigenvalue weighted by Crippen LogP contribution is 2.33. The Bertz CT molecular complexity index is 1460. The van der Waals surface area contributed by atoms with E-state index < -0.39 is 6.09 Å². The number of amides is 1. The smallest absolute Gasteiger partial charge is 0.435 e. The second-order valence-electron chi connectivity index (χ2n) is 8.30. The Morgan fingerprint density at radius 3 is 2.52 bits per heavy atom. The fourth-order valence-electron chi connectivity index (χ4n) is 3.72. The van der Waals surface area contributed by atoms with E-state index in [0.717, 1.165) is 20.9 Å². The molecule has 4 rings (SSSR count). The van der Waals surface area contributed by atoms with Gasteiger partial charge >= 0.3 is 6.09 Å². The second-order valence-corrected chi connectivity index (χ2v) is 9.42. The van der Waals surface area contributed by atoms with Crippen LogP contribution >= 0.6 is 11.8 Å². The number of aromatic nitrogens is 3. The summed E-state index contributed by atoms with van der Waals surface area (Å²) in [6.07, 6.45) is 4.69. The van der Waals surface area contributed by atoms with Gasteiger partial charge in [0.25, 0.3) is 5.91 Å². The Balaban J connectivity index is 1.56. The zero-order valence-corrected chi connectivity index (χ0v) is 22.8. The Morgan fingerprint density at radius 2 is 1.75 bits per heavy atom. The van der Waals surface area contributed by atoms with Crippen LogP contribution in [0.3, 0.4) is 0 Å². The van der Waals surface area contributed by atoms with E-state index in [-0.39, 0.29) is 32.3 Å². The summed E-state index contributed by atoms with van der Waals surface area (Å²) in [5, 5.41) is 16.7. The third kappa shape index (κ3) is 7.76. The number of pyridine rings is 1. The standard InChI is InChI=1S/C29H30N4O6S/c1-30-28(35)24-7-2-3-8-27(24)40-22-10-11-23-25(12-9-21-6-4-5-13-31-21)32-33(26(23)20-22)29(36)39-19-18-38-17-16-37-15-14-34/h2-13,20,34H,14-19H2,1H3,(H,30,35)/b12-9+. The first-order valence-electron chi connectivity index (χ1n) is 12.6. The Labute approximate surface area is 236 Å². The summed E-state index contributed by atoms with van der Waals surface area (Å²) in [6.45, 7) is 1.09. The Morgan fingerprint density at radius 1 is 0.975 bits per heavy atom. The highest BCUT2D eigenvalue weighted by Gasteiger charge is 2.18. The molecule has 2 heterocycles. The van der Waals surface area contributed by atoms with Crippen molar-refractivity contribution in [1.29, 1.82) is 0 Å². The average Bonchev–Trinajstić information content (AvgIpc) is 3.35. The summed E-state index contributed by atoms with van der Waals surface area (Å²) in [6, 6.07) is 18.6. The number of nitrogens with one attached hydrogen (secondary N) is 1. The van der Waals surface area contributed by atoms with E-state index in [1.807, 2.05) is 60.7 Å². The molecule has 2 aromatic carbocycles. The second kappa shape index (κ2) is 14.9. The molecule has 0 unspecified atom stereocenters. The molecule has 0 bridgehead atoms. The number of ether oxygens (including phenoxy) is 3. The number of carbonyl (C=O) groups is 2. The van der Waals surface area contributed by atoms with Gasteiger partial charge in [-0.1, -0.05) is 30.0 Å². The number of rotatable bonds is 13. The largest absolute Gasteiger partial charge is 0.445 e. The molecule has 4 aromatic rings. The molecule has 0 spiro atoms. The van der Waals surface area contributed by atoms with E-state index in [2.05, 4.69) is 15.4 Å². The number of nitrogens with zero attached hydrogens (tertiary/aromatic N) is 3. The molecule has 0 radical (unpaired) electrons. The van der Waals surface area contributed by atoms with E-state index in [4.69, 9.17) is 19.3 Å². The van der Waals surface area contributed by atoms with E-state index >= 15 is 0 Å². The molecule has 40 heavy (non-hydrogen) atoms. The molecule has 0 saturated carbocycles. The summed E-state index contributed by atoms with van der Waals surface area (Å²) < 4.78 is 17.2. The normalized spacial score (nSPS) is 11.2. The van der Waals surface area contributed by atoms with Crippen molar-refractivity contribution >= 4 is 46.8 Å². The maximum Gasteiger partial charge on any atom is 0.435 e. The van der Waals surface area contributed by atoms with Crippen molar-refractivity contribution in [3.8, 4) is 0 Å². The van der Waals surface area contributed by atoms with E-state index in [9.17, 15) is 9.59 Å². The summed E-state index contributed by atoms with van der Waals surface area (Å²) in [5.74, 6) is -0.179. The van der Waals surface area contributed by atoms with Gasteiger partial charge in [0, 0.05) is 28.4 Å². The van der Waals surface area contributed by atoms with Crippen LogP contribution in [0.15, 0.2) is 76.7 Å². The first-order valence-corrected chi connectivity index (χ1v) is 13.5. The van der Waals surface area contributed by atoms with Crippen LogP contribution in [0.25, 0.3) is 23.1 Å². The first kappa shape index (κ1) is 29.0. The van der Waals surface area contributed by atoms with Crippen LogP contribution in [0.4, 0.5) is 4.79 Å². The third-order valence-electron chi connectivity index (χ3n) is 5.60. The number of aliphatic hydroxyl groups excluding tert-OH is 1. The highest BCUT2D eigenvalue weighted by molar-refractivity contribution is 7.99. The molecule has 10 nitrogen and oxygen atoms in total. The number of benzene rings is 2. The van der Waals surface area contributed by atoms with E-state index in [0.29, 0.717) is 30.0 Å². The van der Waals surface area contributed by atoms with Crippen LogP contribution < -0.4 is 5.32 Å². The van der Waals surface area contributed by atoms with Crippen LogP contribution in [0, 0.1) is 0 Å². The van der Waals surface area contributed by atoms with Crippen molar-refractivity contribution in [2.24, 2.45) is 0 Å². The molecule has 0 saturated heterocycles. The zero-order chi connectivity index (χ0) is 28.2. The third-order valence-corrected chi connectivity index (χ3v) is 6.67. The predicted molar refractivity (Wildman–Crippen MR) is 152 cm³/mol. The van der Waals surface area contributed by atoms with Crippen LogP contribution in [0.5, 0.6) is 0 Å². The number of aliphatic hydroxyl groups is 1. The molecule has 0 aliphatic heterocycles. The van der Waals surface area contributed by atoms with Crippen LogP contribution in [0.1, 0.15) is 21.7 Å². The lowest BCUT2D eigenvalue weighted by molar-refractivity contribution is 0.0186. The predicted octanol–water partition coefficient (Wildman–Crippen LogP) is 4.12. The molecule has 0 fully saturated rings. The quantitative estimate of drug-likeness (QED) is 0.232. The Hall–Kier alpha value is -4.03. The van der Waals surface area contributed by atoms with Crippen molar-refractivity contribution in [1.82, 2.24) is 20.1 Å². The summed E-state index contributed by atoms with van der Waals surface area (Å²) >= 11 is 1.42. The monoisotopic (exact) mass is 562 g/mol. The van der Waals surface area contributed by atoms with Crippen LogP contribution in [0.2, 0.25) is 0 Å². The summed E-state index contributed by atoms with van der Waals surface area (Å²) in [5.41, 5.74) is 2.46. The van der Waals surface area contributed by atoms with Gasteiger partial charge in [0.2, 0.25) is 0 Å². The molecule has 2 aromatic heterocycles. The fraction of sp³-hybridized carbons (Fsp3) is 0.241. The average molecular weight is 563 g/mol. The lowest BCUT2D eigenvalue weighted by Gasteiger charge is -2.09. The van der Waals surface area contributed by atoms with Gasteiger partial charge < -0.3 is 24.6 Å². The lowest BCUT2D eigenvalue weighted by atomic mass is 10.2. The fourth-order valence-corrected chi connectivity index (χ4v) is 4.70. The number of hydrogen-bond donors (Lipinski definition) is 2. The number of hydrogen-bond acceptors (Lipinski definition) is 9. The number of carbonyl (C=O) groups excluding carboxylic acids is 2. The lowest BCUT2D eigenvalue weighted by Crippen LogP contribution is -2.19. The minimum absolute atomic E-state index is 0.0350. The van der Waals surface area contributed by atoms with Gasteiger partial charge in [-0.05, 0) is 54.6 Å². The summed E-state index contributed by atoms with van der Waals surface area (Å²) in [7, 11) is 1.59. The molecule has 0 aliphatic carbocycles. The minimum atomic E-state index is -0.643. The van der Waals surface area contributed by atoms with Gasteiger partial charge in [-0.2, -0.15) is 9.78 Å². The van der Waals surface area contributed by atoms with Crippen molar-refractivity contribution in [2.45, 2.75) is 9.79 Å². The molecule has 11 heteroatoms. The molecule has 0 atom stereocenters. The molecular formula is C29H30N4O6S. The van der Waals surface area contributed by atoms with Gasteiger partial charge in [0.05, 0.1) is 55.5 Å². The van der Waals surface area contributed by atoms with Gasteiger partial charge in [-0.15, -0.1) is 0 Å². The highest BCUT2D eigenvalue weighted by atomic mass is 32.2. The van der Waals surface area contributed by atoms with Crippen LogP contribution in [-0.2, 0) is 14.2 Å². The van der Waals surface area contributed by atoms with Crippen molar-refractivity contribution in [3.05, 3.63) is 83.8 Å². The first-order chi connectivity index (χ1) is 19.6. The van der Waals surface area contributed by atoms with E-state index in [1.165, 1.54) is 16.4 Å². The van der Waals surface area contributed by atoms with Gasteiger partial charge in [0.1, 0.15) is 6.61 Å². The van der Waals surface area contributed by atoms with Gasteiger partial charge in [-0.25, -0.2) is 4.79 Å². The molecule has 1 amide bonds. The Kier molecular flexibility index (Phi) is 10.8. The topological polar surface area (TPSA) is 125 Å². The van der Waals surface area contributed by atoms with Gasteiger partial charge in [0.15, 0.2) is 0 Å². The van der Waals surface area contributed by atoms with Gasteiger partial charge in [-0.3, -0.25) is 9.78 Å². The molecule has 208 valence electrons. The van der Waals surface area contributed by atoms with E-state index in [1.54, 1.807) is 25.4 Å². The molecular weight excluding hydrogens is 532 g/mol. The molecule has 2 N–H and O–H groups in total. The van der Waals surface area contributed by atoms with Crippen molar-refractivity contribution in [2.75, 3.05) is 46.7 Å². The maximum atomic E-state index is 13.0. The summed E-state index contributed by atoms with van der Waals surface area (Å²) in [4.78, 5) is 31.3.